The Labute approximate surface area is 183 Å². The molecule has 0 fully saturated rings. The van der Waals surface area contributed by atoms with Gasteiger partial charge < -0.3 is 168 Å². The number of hydrogen-bond acceptors (Lipinski definition) is 0. The fourth-order valence-corrected chi connectivity index (χ4v) is 0. The van der Waals surface area contributed by atoms with Gasteiger partial charge in [-0.05, 0) is 0 Å². The molecule has 0 heterocycles. The standard InChI is InChI=1S/7HI.Re/h7*1H;/p-7. The van der Waals surface area contributed by atoms with Gasteiger partial charge in [0.1, 0.15) is 0 Å². The van der Waals surface area contributed by atoms with Crippen molar-refractivity contribution in [2.24, 2.45) is 0 Å². The van der Waals surface area contributed by atoms with Crippen LogP contribution in [0.3, 0.4) is 0 Å². The van der Waals surface area contributed by atoms with Crippen LogP contribution in [0.15, 0.2) is 0 Å². The third-order valence-corrected chi connectivity index (χ3v) is 0. The van der Waals surface area contributed by atoms with Gasteiger partial charge in [-0.1, -0.05) is 0 Å². The summed E-state index contributed by atoms with van der Waals surface area (Å²) < 4.78 is 0. The Morgan fingerprint density at radius 1 is 0.250 bits per heavy atom. The fraction of sp³-hybridized carbons (Fsp3) is 0. The first-order valence-corrected chi connectivity index (χ1v) is 0. The predicted molar refractivity (Wildman–Crippen MR) is 0 cm³/mol. The fourth-order valence-electron chi connectivity index (χ4n) is 0. The summed E-state index contributed by atoms with van der Waals surface area (Å²) in [6.45, 7) is 0. The van der Waals surface area contributed by atoms with Crippen molar-refractivity contribution < 1.29 is 188 Å². The molecule has 0 aromatic rings. The molecule has 0 saturated heterocycles. The monoisotopic (exact) mass is 1080 g/mol. The molecular formula is I7Re-7. The zero-order valence-electron chi connectivity index (χ0n) is 3.02. The van der Waals surface area contributed by atoms with Gasteiger partial charge in [-0.3, -0.25) is 0 Å². The quantitative estimate of drug-likeness (QED) is 0.212. The molecule has 0 aliphatic heterocycles. The maximum absolute atomic E-state index is 0. The SMILES string of the molecule is [I-].[I-].[I-].[I-].[I-].[I-].[I-].[Re]. The van der Waals surface area contributed by atoms with E-state index in [9.17, 15) is 0 Å². The summed E-state index contributed by atoms with van der Waals surface area (Å²) in [5, 5.41) is 0. The molecule has 0 aromatic carbocycles. The van der Waals surface area contributed by atoms with Crippen LogP contribution in [0.4, 0.5) is 0 Å². The minimum absolute atomic E-state index is 0. The molecule has 0 nitrogen and oxygen atoms in total. The van der Waals surface area contributed by atoms with Crippen LogP contribution in [-0.4, -0.2) is 0 Å². The van der Waals surface area contributed by atoms with Gasteiger partial charge in [0, 0.05) is 20.4 Å². The maximum atomic E-state index is 0. The summed E-state index contributed by atoms with van der Waals surface area (Å²) in [5.41, 5.74) is 0. The molecule has 0 aliphatic rings. The summed E-state index contributed by atoms with van der Waals surface area (Å²) in [6.07, 6.45) is 0. The van der Waals surface area contributed by atoms with Gasteiger partial charge in [0.15, 0.2) is 0 Å². The average molecular weight is 1070 g/mol. The summed E-state index contributed by atoms with van der Waals surface area (Å²) in [6, 6.07) is 0. The van der Waals surface area contributed by atoms with Crippen molar-refractivity contribution in [1.82, 2.24) is 0 Å². The summed E-state index contributed by atoms with van der Waals surface area (Å²) in [4.78, 5) is 0. The van der Waals surface area contributed by atoms with Crippen LogP contribution in [0.25, 0.3) is 0 Å². The van der Waals surface area contributed by atoms with E-state index in [0.717, 1.165) is 0 Å². The Bertz CT molecular complexity index is 4.35. The van der Waals surface area contributed by atoms with Crippen molar-refractivity contribution in [2.45, 2.75) is 0 Å². The molecule has 8 heteroatoms. The van der Waals surface area contributed by atoms with E-state index >= 15 is 0 Å². The molecule has 0 atom stereocenters. The summed E-state index contributed by atoms with van der Waals surface area (Å²) >= 11 is 0. The first-order chi connectivity index (χ1) is 0. The van der Waals surface area contributed by atoms with Gasteiger partial charge in [0.25, 0.3) is 0 Å². The molecule has 0 aromatic heterocycles. The van der Waals surface area contributed by atoms with Gasteiger partial charge in [-0.25, -0.2) is 0 Å². The number of hydrogen-bond donors (Lipinski definition) is 0. The third kappa shape index (κ3) is 41.0. The molecule has 1 radical (unpaired) electrons. The molecule has 0 N–H and O–H groups in total. The number of halogens is 7. The zero-order valence-corrected chi connectivity index (χ0v) is 20.8. The molecule has 0 saturated carbocycles. The van der Waals surface area contributed by atoms with E-state index in [-0.39, 0.29) is 188 Å². The van der Waals surface area contributed by atoms with Crippen LogP contribution in [0, 0.1) is 0 Å². The van der Waals surface area contributed by atoms with E-state index in [1.165, 1.54) is 0 Å². The minimum atomic E-state index is 0. The topological polar surface area (TPSA) is 0 Å². The molecule has 0 spiro atoms. The molecule has 0 rings (SSSR count). The smallest absolute Gasteiger partial charge is 0 e. The van der Waals surface area contributed by atoms with Crippen LogP contribution in [-0.2, 0) is 20.4 Å². The van der Waals surface area contributed by atoms with Crippen LogP contribution >= 0.6 is 0 Å². The van der Waals surface area contributed by atoms with E-state index in [1.54, 1.807) is 0 Å². The Morgan fingerprint density at radius 2 is 0.250 bits per heavy atom. The Morgan fingerprint density at radius 3 is 0.250 bits per heavy atom. The Kier molecular flexibility index (Phi) is 448. The van der Waals surface area contributed by atoms with Crippen LogP contribution < -0.4 is 168 Å². The summed E-state index contributed by atoms with van der Waals surface area (Å²) in [5.74, 6) is 0. The average Bonchev–Trinajstić information content (AvgIpc) is 0. The van der Waals surface area contributed by atoms with Gasteiger partial charge in [0.05, 0.1) is 0 Å². The second-order valence-electron chi connectivity index (χ2n) is 0. The van der Waals surface area contributed by atoms with E-state index in [2.05, 4.69) is 0 Å². The molecule has 0 unspecified atom stereocenters. The van der Waals surface area contributed by atoms with Crippen molar-refractivity contribution >= 4 is 0 Å². The molecular weight excluding hydrogens is 1070 g/mol. The first-order valence-electron chi connectivity index (χ1n) is 0. The third-order valence-electron chi connectivity index (χ3n) is 0. The van der Waals surface area contributed by atoms with Crippen LogP contribution in [0.5, 0.6) is 0 Å². The van der Waals surface area contributed by atoms with Crippen LogP contribution in [0.1, 0.15) is 0 Å². The second kappa shape index (κ2) is 53.1. The van der Waals surface area contributed by atoms with Crippen LogP contribution in [0.2, 0.25) is 0 Å². The van der Waals surface area contributed by atoms with Crippen molar-refractivity contribution in [3.8, 4) is 0 Å². The van der Waals surface area contributed by atoms with Gasteiger partial charge in [-0.15, -0.1) is 0 Å². The van der Waals surface area contributed by atoms with E-state index in [4.69, 9.17) is 0 Å². The van der Waals surface area contributed by atoms with Gasteiger partial charge in [0.2, 0.25) is 0 Å². The van der Waals surface area contributed by atoms with E-state index < -0.39 is 0 Å². The molecule has 0 bridgehead atoms. The van der Waals surface area contributed by atoms with Crippen molar-refractivity contribution in [2.75, 3.05) is 0 Å². The predicted octanol–water partition coefficient (Wildman–Crippen LogP) is -21.0. The Balaban J connectivity index is 0. The second-order valence-corrected chi connectivity index (χ2v) is 0. The molecule has 0 amide bonds. The van der Waals surface area contributed by atoms with E-state index in [1.807, 2.05) is 0 Å². The zero-order chi connectivity index (χ0) is 0. The Hall–Kier alpha value is 5.77. The number of rotatable bonds is 0. The van der Waals surface area contributed by atoms with Crippen molar-refractivity contribution in [3.63, 3.8) is 0 Å². The molecule has 0 aliphatic carbocycles. The van der Waals surface area contributed by atoms with E-state index in [0.29, 0.717) is 0 Å². The first kappa shape index (κ1) is 67.4. The minimum Gasteiger partial charge on any atom is -1.00 e. The normalized spacial score (nSPS) is 0. The van der Waals surface area contributed by atoms with Crippen molar-refractivity contribution in [3.05, 3.63) is 0 Å². The van der Waals surface area contributed by atoms with Gasteiger partial charge in [-0.2, -0.15) is 0 Å². The van der Waals surface area contributed by atoms with Crippen molar-refractivity contribution in [1.29, 1.82) is 0 Å². The summed E-state index contributed by atoms with van der Waals surface area (Å²) in [7, 11) is 0. The maximum Gasteiger partial charge on any atom is 0 e. The molecule has 63 valence electrons. The molecule has 8 heavy (non-hydrogen) atoms. The van der Waals surface area contributed by atoms with Gasteiger partial charge >= 0.3 is 0 Å². The largest absolute Gasteiger partial charge is 1.00 e.